The second kappa shape index (κ2) is 14.6. The van der Waals surface area contributed by atoms with Crippen molar-refractivity contribution in [1.82, 2.24) is 0 Å². The summed E-state index contributed by atoms with van der Waals surface area (Å²) < 4.78 is 2.61. The summed E-state index contributed by atoms with van der Waals surface area (Å²) in [6, 6.07) is 80.0. The minimum Gasteiger partial charge on any atom is -0.310 e. The van der Waals surface area contributed by atoms with E-state index < -0.39 is 0 Å². The molecule has 1 aliphatic rings. The van der Waals surface area contributed by atoms with Crippen molar-refractivity contribution in [3.8, 4) is 33.4 Å². The van der Waals surface area contributed by atoms with E-state index in [1.165, 1.54) is 59.1 Å². The molecule has 3 heteroatoms. The van der Waals surface area contributed by atoms with Gasteiger partial charge in [0.15, 0.2) is 0 Å². The molecule has 11 rings (SSSR count). The largest absolute Gasteiger partial charge is 0.310 e. The van der Waals surface area contributed by atoms with Crippen molar-refractivity contribution in [2.24, 2.45) is 0 Å². The summed E-state index contributed by atoms with van der Waals surface area (Å²) in [5.41, 5.74) is 16.5. The van der Waals surface area contributed by atoms with Crippen LogP contribution in [0.3, 0.4) is 0 Å². The van der Waals surface area contributed by atoms with Gasteiger partial charge in [0.25, 0.3) is 0 Å². The molecule has 10 aromatic rings. The predicted octanol–water partition coefficient (Wildman–Crippen LogP) is 16.6. The van der Waals surface area contributed by atoms with E-state index in [1.54, 1.807) is 0 Å². The molecular formula is C57H42N2S. The summed E-state index contributed by atoms with van der Waals surface area (Å²) in [6.45, 7) is 4.70. The highest BCUT2D eigenvalue weighted by atomic mass is 32.1. The highest BCUT2D eigenvalue weighted by Gasteiger charge is 2.35. The molecule has 0 aliphatic heterocycles. The fourth-order valence-electron chi connectivity index (χ4n) is 9.26. The number of thiophene rings is 1. The molecule has 60 heavy (non-hydrogen) atoms. The van der Waals surface area contributed by atoms with Gasteiger partial charge in [-0.25, -0.2) is 0 Å². The van der Waals surface area contributed by atoms with Gasteiger partial charge < -0.3 is 9.80 Å². The second-order valence-corrected chi connectivity index (χ2v) is 17.3. The van der Waals surface area contributed by atoms with Crippen LogP contribution in [0.4, 0.5) is 34.1 Å². The van der Waals surface area contributed by atoms with Crippen LogP contribution in [-0.4, -0.2) is 0 Å². The number of hydrogen-bond donors (Lipinski definition) is 0. The van der Waals surface area contributed by atoms with Gasteiger partial charge in [-0.2, -0.15) is 0 Å². The third kappa shape index (κ3) is 6.18. The average Bonchev–Trinajstić information content (AvgIpc) is 3.79. The molecule has 0 saturated heterocycles. The molecule has 1 heterocycles. The molecular weight excluding hydrogens is 745 g/mol. The lowest BCUT2D eigenvalue weighted by Crippen LogP contribution is -2.16. The van der Waals surface area contributed by atoms with Gasteiger partial charge in [-0.15, -0.1) is 11.3 Å². The number of anilines is 6. The molecule has 0 N–H and O–H groups in total. The summed E-state index contributed by atoms with van der Waals surface area (Å²) in [5.74, 6) is 0. The monoisotopic (exact) mass is 786 g/mol. The number of rotatable bonds is 8. The van der Waals surface area contributed by atoms with Crippen molar-refractivity contribution in [2.45, 2.75) is 19.3 Å². The predicted molar refractivity (Wildman–Crippen MR) is 257 cm³/mol. The number of benzene rings is 9. The Morgan fingerprint density at radius 2 is 0.833 bits per heavy atom. The molecule has 1 aromatic heterocycles. The number of nitrogens with zero attached hydrogens (tertiary/aromatic N) is 2. The molecule has 9 aromatic carbocycles. The van der Waals surface area contributed by atoms with E-state index in [2.05, 4.69) is 242 Å². The highest BCUT2D eigenvalue weighted by Crippen LogP contribution is 2.51. The SMILES string of the molecule is CC1(C)c2ccccc2-c2cc(N(c3ccc(-c4ccccc4)cc3)c3cc(-c4ccc5sc6ccccc6c5c4)cc(N(c4ccccc4)c4ccccc4)c3)ccc21. The van der Waals surface area contributed by atoms with Gasteiger partial charge >= 0.3 is 0 Å². The van der Waals surface area contributed by atoms with E-state index in [0.29, 0.717) is 0 Å². The Morgan fingerprint density at radius 1 is 0.317 bits per heavy atom. The lowest BCUT2D eigenvalue weighted by atomic mass is 9.82. The van der Waals surface area contributed by atoms with Crippen molar-refractivity contribution in [3.05, 3.63) is 230 Å². The zero-order valence-electron chi connectivity index (χ0n) is 33.6. The second-order valence-electron chi connectivity index (χ2n) is 16.2. The molecule has 0 spiro atoms. The molecule has 2 nitrogen and oxygen atoms in total. The molecule has 0 atom stereocenters. The van der Waals surface area contributed by atoms with Gasteiger partial charge in [0.1, 0.15) is 0 Å². The standard InChI is InChI=1S/C57H42N2S/c1-57(2)53-24-14-12-22-49(53)51-38-46(31-32-54(51)57)59(45-29-26-40(27-30-45)39-16-6-3-7-17-39)48-35-42(41-28-33-56-52(36-41)50-23-13-15-25-55(50)60-56)34-47(37-48)58(43-18-8-4-9-19-43)44-20-10-5-11-21-44/h3-38H,1-2H3. The van der Waals surface area contributed by atoms with E-state index in [0.717, 1.165) is 39.7 Å². The van der Waals surface area contributed by atoms with Crippen LogP contribution in [0.5, 0.6) is 0 Å². The molecule has 0 fully saturated rings. The topological polar surface area (TPSA) is 6.48 Å². The summed E-state index contributed by atoms with van der Waals surface area (Å²) in [5, 5.41) is 2.59. The Balaban J connectivity index is 1.17. The third-order valence-electron chi connectivity index (χ3n) is 12.2. The van der Waals surface area contributed by atoms with Crippen LogP contribution in [0, 0.1) is 0 Å². The Labute approximate surface area is 355 Å². The van der Waals surface area contributed by atoms with Gasteiger partial charge in [0, 0.05) is 59.7 Å². The maximum atomic E-state index is 2.45. The quantitative estimate of drug-likeness (QED) is 0.151. The zero-order valence-corrected chi connectivity index (χ0v) is 34.4. The maximum Gasteiger partial charge on any atom is 0.0488 e. The van der Waals surface area contributed by atoms with Crippen LogP contribution in [0.1, 0.15) is 25.0 Å². The fourth-order valence-corrected chi connectivity index (χ4v) is 10.3. The summed E-state index contributed by atoms with van der Waals surface area (Å²) >= 11 is 1.86. The molecule has 286 valence electrons. The van der Waals surface area contributed by atoms with Crippen molar-refractivity contribution in [3.63, 3.8) is 0 Å². The Morgan fingerprint density at radius 3 is 1.55 bits per heavy atom. The number of fused-ring (bicyclic) bond motifs is 6. The van der Waals surface area contributed by atoms with Gasteiger partial charge in [-0.3, -0.25) is 0 Å². The first-order valence-electron chi connectivity index (χ1n) is 20.7. The highest BCUT2D eigenvalue weighted by molar-refractivity contribution is 7.25. The first-order chi connectivity index (χ1) is 29.5. The fraction of sp³-hybridized carbons (Fsp3) is 0.0526. The van der Waals surface area contributed by atoms with Crippen LogP contribution in [-0.2, 0) is 5.41 Å². The number of para-hydroxylation sites is 2. The van der Waals surface area contributed by atoms with E-state index >= 15 is 0 Å². The van der Waals surface area contributed by atoms with Gasteiger partial charge in [0.05, 0.1) is 0 Å². The summed E-state index contributed by atoms with van der Waals surface area (Å²) in [6.07, 6.45) is 0. The minimum atomic E-state index is -0.0873. The Hall–Kier alpha value is -7.20. The number of hydrogen-bond acceptors (Lipinski definition) is 3. The summed E-state index contributed by atoms with van der Waals surface area (Å²) in [4.78, 5) is 4.83. The maximum absolute atomic E-state index is 2.45. The normalized spacial score (nSPS) is 12.6. The van der Waals surface area contributed by atoms with Crippen molar-refractivity contribution < 1.29 is 0 Å². The van der Waals surface area contributed by atoms with Gasteiger partial charge in [-0.05, 0) is 129 Å². The molecule has 0 radical (unpaired) electrons. The lowest BCUT2D eigenvalue weighted by Gasteiger charge is -2.31. The molecule has 0 unspecified atom stereocenters. The van der Waals surface area contributed by atoms with Crippen LogP contribution in [0.15, 0.2) is 218 Å². The molecule has 0 bridgehead atoms. The van der Waals surface area contributed by atoms with Crippen LogP contribution >= 0.6 is 11.3 Å². The van der Waals surface area contributed by atoms with Crippen LogP contribution < -0.4 is 9.80 Å². The van der Waals surface area contributed by atoms with E-state index in [4.69, 9.17) is 0 Å². The van der Waals surface area contributed by atoms with E-state index in [-0.39, 0.29) is 5.41 Å². The smallest absolute Gasteiger partial charge is 0.0488 e. The van der Waals surface area contributed by atoms with E-state index in [1.807, 2.05) is 11.3 Å². The van der Waals surface area contributed by atoms with Crippen molar-refractivity contribution in [2.75, 3.05) is 9.80 Å². The molecule has 0 amide bonds. The molecule has 1 aliphatic carbocycles. The van der Waals surface area contributed by atoms with E-state index in [9.17, 15) is 0 Å². The first kappa shape index (κ1) is 35.9. The third-order valence-corrected chi connectivity index (χ3v) is 13.4. The van der Waals surface area contributed by atoms with Crippen LogP contribution in [0.25, 0.3) is 53.6 Å². The van der Waals surface area contributed by atoms with Crippen LogP contribution in [0.2, 0.25) is 0 Å². The van der Waals surface area contributed by atoms with Crippen molar-refractivity contribution >= 4 is 65.6 Å². The Bertz CT molecular complexity index is 3130. The van der Waals surface area contributed by atoms with Crippen molar-refractivity contribution in [1.29, 1.82) is 0 Å². The summed E-state index contributed by atoms with van der Waals surface area (Å²) in [7, 11) is 0. The Kier molecular flexibility index (Phi) is 8.72. The minimum absolute atomic E-state index is 0.0873. The average molecular weight is 787 g/mol. The first-order valence-corrected chi connectivity index (χ1v) is 21.5. The lowest BCUT2D eigenvalue weighted by molar-refractivity contribution is 0.660. The van der Waals surface area contributed by atoms with Gasteiger partial charge in [-0.1, -0.05) is 147 Å². The zero-order chi connectivity index (χ0) is 40.2. The van der Waals surface area contributed by atoms with Gasteiger partial charge in [0.2, 0.25) is 0 Å². The molecule has 0 saturated carbocycles.